The number of carboxylic acid groups (broad SMARTS) is 1. The molecule has 0 bridgehead atoms. The van der Waals surface area contributed by atoms with Crippen molar-refractivity contribution < 1.29 is 29.3 Å². The van der Waals surface area contributed by atoms with Crippen molar-refractivity contribution in [3.05, 3.63) is 77.9 Å². The monoisotopic (exact) mass is 426 g/mol. The summed E-state index contributed by atoms with van der Waals surface area (Å²) in [5.41, 5.74) is 2.05. The molecule has 0 spiro atoms. The molecule has 0 aliphatic rings. The second-order valence-electron chi connectivity index (χ2n) is 7.77. The number of aliphatic hydroxyl groups excluding tert-OH is 1. The Morgan fingerprint density at radius 2 is 1.65 bits per heavy atom. The van der Waals surface area contributed by atoms with Gasteiger partial charge in [-0.15, -0.1) is 6.58 Å². The summed E-state index contributed by atoms with van der Waals surface area (Å²) in [4.78, 5) is 23.7. The van der Waals surface area contributed by atoms with Gasteiger partial charge in [0.15, 0.2) is 6.29 Å². The minimum Gasteiger partial charge on any atom is -0.481 e. The van der Waals surface area contributed by atoms with Crippen molar-refractivity contribution in [1.82, 2.24) is 0 Å². The number of allylic oxidation sites excluding steroid dienone is 1. The van der Waals surface area contributed by atoms with E-state index < -0.39 is 24.1 Å². The fraction of sp³-hybridized carbons (Fsp3) is 0.360. The molecule has 6 nitrogen and oxygen atoms in total. The van der Waals surface area contributed by atoms with Crippen LogP contribution in [0.2, 0.25) is 0 Å². The molecule has 0 fully saturated rings. The molecule has 0 heterocycles. The number of carbonyl (C=O) groups is 2. The van der Waals surface area contributed by atoms with Crippen molar-refractivity contribution in [1.29, 1.82) is 0 Å². The maximum absolute atomic E-state index is 12.3. The van der Waals surface area contributed by atoms with E-state index in [4.69, 9.17) is 9.47 Å². The third-order valence-corrected chi connectivity index (χ3v) is 4.86. The van der Waals surface area contributed by atoms with Gasteiger partial charge in [0.25, 0.3) is 0 Å². The Bertz CT molecular complexity index is 855. The van der Waals surface area contributed by atoms with Crippen molar-refractivity contribution in [3.8, 4) is 5.75 Å². The summed E-state index contributed by atoms with van der Waals surface area (Å²) >= 11 is 0. The lowest BCUT2D eigenvalue weighted by Crippen LogP contribution is -2.21. The first-order valence-electron chi connectivity index (χ1n) is 10.3. The molecule has 0 aliphatic carbocycles. The molecule has 2 rings (SSSR count). The standard InChI is InChI=1S/C25H30O6/c1-4-5-6-21(23(26)27)15-18-7-11-20(12-8-18)25(29)30-16-19-9-13-22(14-10-19)31-24(28)17(2)3/h4,7-14,17,21,24,28H,1,5-6,15-16H2,2-3H3,(H,26,27)/t21-,24?/m0/s1. The number of benzene rings is 2. The van der Waals surface area contributed by atoms with Crippen LogP contribution in [0.15, 0.2) is 61.2 Å². The van der Waals surface area contributed by atoms with Gasteiger partial charge in [0, 0.05) is 5.92 Å². The Balaban J connectivity index is 1.88. The molecule has 2 atom stereocenters. The average Bonchev–Trinajstić information content (AvgIpc) is 2.76. The van der Waals surface area contributed by atoms with E-state index in [2.05, 4.69) is 6.58 Å². The molecular formula is C25H30O6. The largest absolute Gasteiger partial charge is 0.481 e. The van der Waals surface area contributed by atoms with E-state index in [1.807, 2.05) is 13.8 Å². The number of aliphatic hydroxyl groups is 1. The first kappa shape index (κ1) is 24.2. The van der Waals surface area contributed by atoms with E-state index in [-0.39, 0.29) is 12.5 Å². The maximum Gasteiger partial charge on any atom is 0.338 e. The van der Waals surface area contributed by atoms with Crippen molar-refractivity contribution in [3.63, 3.8) is 0 Å². The van der Waals surface area contributed by atoms with Crippen LogP contribution in [0.3, 0.4) is 0 Å². The number of rotatable bonds is 12. The SMILES string of the molecule is C=CCC[C@@H](Cc1ccc(C(=O)OCc2ccc(OC(O)C(C)C)cc2)cc1)C(=O)O. The van der Waals surface area contributed by atoms with Gasteiger partial charge in [0.2, 0.25) is 0 Å². The normalized spacial score (nSPS) is 12.8. The van der Waals surface area contributed by atoms with Crippen LogP contribution in [-0.4, -0.2) is 28.4 Å². The molecule has 0 saturated heterocycles. The summed E-state index contributed by atoms with van der Waals surface area (Å²) in [6.07, 6.45) is 2.41. The van der Waals surface area contributed by atoms with Crippen molar-refractivity contribution >= 4 is 11.9 Å². The molecular weight excluding hydrogens is 396 g/mol. The number of ether oxygens (including phenoxy) is 2. The highest BCUT2D eigenvalue weighted by Crippen LogP contribution is 2.18. The molecule has 2 aromatic carbocycles. The minimum absolute atomic E-state index is 0.0193. The Morgan fingerprint density at radius 3 is 2.19 bits per heavy atom. The number of carboxylic acids is 1. The van der Waals surface area contributed by atoms with Gasteiger partial charge in [-0.1, -0.05) is 44.2 Å². The fourth-order valence-electron chi connectivity index (χ4n) is 2.87. The lowest BCUT2D eigenvalue weighted by molar-refractivity contribution is -0.141. The molecule has 1 unspecified atom stereocenters. The number of esters is 1. The van der Waals surface area contributed by atoms with E-state index in [0.29, 0.717) is 30.6 Å². The smallest absolute Gasteiger partial charge is 0.338 e. The Kier molecular flexibility index (Phi) is 9.28. The molecule has 166 valence electrons. The number of carbonyl (C=O) groups excluding carboxylic acids is 1. The highest BCUT2D eigenvalue weighted by molar-refractivity contribution is 5.89. The second-order valence-corrected chi connectivity index (χ2v) is 7.77. The zero-order valence-electron chi connectivity index (χ0n) is 18.0. The lowest BCUT2D eigenvalue weighted by atomic mass is 9.94. The van der Waals surface area contributed by atoms with Gasteiger partial charge in [-0.3, -0.25) is 4.79 Å². The first-order valence-corrected chi connectivity index (χ1v) is 10.3. The van der Waals surface area contributed by atoms with Crippen LogP contribution in [0.1, 0.15) is 48.2 Å². The Morgan fingerprint density at radius 1 is 1.03 bits per heavy atom. The average molecular weight is 427 g/mol. The molecule has 2 N–H and O–H groups in total. The quantitative estimate of drug-likeness (QED) is 0.293. The highest BCUT2D eigenvalue weighted by Gasteiger charge is 2.17. The second kappa shape index (κ2) is 11.9. The zero-order valence-corrected chi connectivity index (χ0v) is 18.0. The third-order valence-electron chi connectivity index (χ3n) is 4.86. The molecule has 0 amide bonds. The highest BCUT2D eigenvalue weighted by atomic mass is 16.6. The van der Waals surface area contributed by atoms with Gasteiger partial charge in [-0.05, 0) is 54.7 Å². The lowest BCUT2D eigenvalue weighted by Gasteiger charge is -2.16. The van der Waals surface area contributed by atoms with E-state index in [1.54, 1.807) is 54.6 Å². The van der Waals surface area contributed by atoms with E-state index in [9.17, 15) is 19.8 Å². The summed E-state index contributed by atoms with van der Waals surface area (Å²) in [5.74, 6) is -1.25. The van der Waals surface area contributed by atoms with E-state index >= 15 is 0 Å². The summed E-state index contributed by atoms with van der Waals surface area (Å²) in [7, 11) is 0. The van der Waals surface area contributed by atoms with Crippen LogP contribution < -0.4 is 4.74 Å². The molecule has 0 aromatic heterocycles. The fourth-order valence-corrected chi connectivity index (χ4v) is 2.87. The molecule has 2 aromatic rings. The van der Waals surface area contributed by atoms with Crippen LogP contribution in [-0.2, 0) is 22.6 Å². The molecule has 6 heteroatoms. The predicted octanol–water partition coefficient (Wildman–Crippen LogP) is 4.61. The van der Waals surface area contributed by atoms with Gasteiger partial charge >= 0.3 is 11.9 Å². The number of aliphatic carboxylic acids is 1. The van der Waals surface area contributed by atoms with Gasteiger partial charge in [-0.2, -0.15) is 0 Å². The molecule has 0 aliphatic heterocycles. The van der Waals surface area contributed by atoms with E-state index in [1.165, 1.54) is 0 Å². The Hall–Kier alpha value is -3.12. The van der Waals surface area contributed by atoms with Crippen molar-refractivity contribution in [2.75, 3.05) is 0 Å². The maximum atomic E-state index is 12.3. The summed E-state index contributed by atoms with van der Waals surface area (Å²) < 4.78 is 10.8. The van der Waals surface area contributed by atoms with Gasteiger partial charge in [-0.25, -0.2) is 4.79 Å². The first-order chi connectivity index (χ1) is 14.8. The molecule has 0 radical (unpaired) electrons. The summed E-state index contributed by atoms with van der Waals surface area (Å²) in [6.45, 7) is 7.46. The summed E-state index contributed by atoms with van der Waals surface area (Å²) in [6, 6.07) is 13.8. The van der Waals surface area contributed by atoms with Gasteiger partial charge in [0.1, 0.15) is 12.4 Å². The van der Waals surface area contributed by atoms with Crippen LogP contribution in [0.25, 0.3) is 0 Å². The molecule has 31 heavy (non-hydrogen) atoms. The summed E-state index contributed by atoms with van der Waals surface area (Å²) in [5, 5.41) is 19.1. The third kappa shape index (κ3) is 7.90. The molecule has 0 saturated carbocycles. The van der Waals surface area contributed by atoms with Gasteiger partial charge in [0.05, 0.1) is 11.5 Å². The van der Waals surface area contributed by atoms with Crippen molar-refractivity contribution in [2.45, 2.75) is 46.0 Å². The van der Waals surface area contributed by atoms with Gasteiger partial charge < -0.3 is 19.7 Å². The Labute approximate surface area is 183 Å². The van der Waals surface area contributed by atoms with Crippen LogP contribution in [0.4, 0.5) is 0 Å². The van der Waals surface area contributed by atoms with E-state index in [0.717, 1.165) is 11.1 Å². The van der Waals surface area contributed by atoms with Crippen LogP contribution in [0, 0.1) is 11.8 Å². The van der Waals surface area contributed by atoms with Crippen LogP contribution >= 0.6 is 0 Å². The van der Waals surface area contributed by atoms with Crippen LogP contribution in [0.5, 0.6) is 5.75 Å². The van der Waals surface area contributed by atoms with Crippen molar-refractivity contribution in [2.24, 2.45) is 11.8 Å². The number of hydrogen-bond acceptors (Lipinski definition) is 5. The topological polar surface area (TPSA) is 93.1 Å². The predicted molar refractivity (Wildman–Crippen MR) is 118 cm³/mol. The minimum atomic E-state index is -0.876. The zero-order chi connectivity index (χ0) is 22.8. The number of hydrogen-bond donors (Lipinski definition) is 2.